The van der Waals surface area contributed by atoms with Crippen LogP contribution in [0.4, 0.5) is 15.4 Å². The number of rotatable bonds is 15. The molecule has 3 aliphatic heterocycles. The Bertz CT molecular complexity index is 3890. The number of anilines is 1. The molecule has 2 N–H and O–H groups in total. The number of benzene rings is 4. The zero-order chi connectivity index (χ0) is 63.8. The summed E-state index contributed by atoms with van der Waals surface area (Å²) < 4.78 is 14.2. The first-order valence-corrected chi connectivity index (χ1v) is 31.6. The number of carbonyl (C=O) groups is 3. The first-order valence-electron chi connectivity index (χ1n) is 31.2. The van der Waals surface area contributed by atoms with Crippen LogP contribution in [-0.2, 0) is 33.8 Å². The highest BCUT2D eigenvalue weighted by Gasteiger charge is 2.31. The number of fused-ring (bicyclic) bond motifs is 2. The van der Waals surface area contributed by atoms with Gasteiger partial charge >= 0.3 is 17.2 Å². The molecule has 2 saturated heterocycles. The van der Waals surface area contributed by atoms with Crippen LogP contribution in [0.5, 0.6) is 0 Å². The van der Waals surface area contributed by atoms with Crippen molar-refractivity contribution in [2.75, 3.05) is 64.9 Å². The summed E-state index contributed by atoms with van der Waals surface area (Å²) >= 11 is 4.60. The van der Waals surface area contributed by atoms with E-state index in [9.17, 15) is 19.2 Å². The van der Waals surface area contributed by atoms with E-state index in [1.165, 1.54) is 45.0 Å². The van der Waals surface area contributed by atoms with Crippen molar-refractivity contribution >= 4 is 46.0 Å². The molecule has 0 aliphatic carbocycles. The lowest BCUT2D eigenvalue weighted by atomic mass is 9.94. The van der Waals surface area contributed by atoms with Crippen molar-refractivity contribution in [3.05, 3.63) is 184 Å². The second-order valence-corrected chi connectivity index (χ2v) is 23.5. The number of nitrogens with zero attached hydrogens (tertiary/aromatic N) is 12. The number of carbonyl (C=O) groups excluding carboxylic acids is 3. The number of hydrogen-bond donors (Lipinski definition) is 2. The molecule has 3 aliphatic rings. The second kappa shape index (κ2) is 31.1. The summed E-state index contributed by atoms with van der Waals surface area (Å²) in [6.07, 6.45) is 11.5. The fraction of sp³-hybridized carbons (Fsp3) is 0.391. The SMILES string of the molecule is CC(C)c1ccccc1-c1ncc2[nH]c(=O)n(Cc3ccc(-n4ccc(C5CCNCC5)n4)cc3)c2n1.CCN(CC)CC.COC(=O)Cl.COC(=O)N1CCC(c2ccn(-c3ccc(CN4C(=O)Cc5cnc(-c6ccccc6C(C)C)nc54)cc3)n2)CC1. The van der Waals surface area contributed by atoms with E-state index in [0.717, 1.165) is 89.4 Å². The van der Waals surface area contributed by atoms with Gasteiger partial charge in [0.15, 0.2) is 17.3 Å². The number of amides is 2. The minimum Gasteiger partial charge on any atom is -0.457 e. The average molecular weight is 1240 g/mol. The molecule has 472 valence electrons. The number of likely N-dealkylation sites (tertiary alicyclic amines) is 1. The lowest BCUT2D eigenvalue weighted by Gasteiger charge is -2.30. The molecule has 9 aromatic rings. The first-order chi connectivity index (χ1) is 43.6. The monoisotopic (exact) mass is 1240 g/mol. The Morgan fingerprint density at radius 3 is 1.64 bits per heavy atom. The Kier molecular flexibility index (Phi) is 22.6. The van der Waals surface area contributed by atoms with Crippen LogP contribution in [0.15, 0.2) is 139 Å². The lowest BCUT2D eigenvalue weighted by Crippen LogP contribution is -2.37. The molecule has 20 nitrogen and oxygen atoms in total. The normalized spacial score (nSPS) is 14.2. The third kappa shape index (κ3) is 16.1. The number of methoxy groups -OCH3 is 2. The number of aromatic amines is 1. The van der Waals surface area contributed by atoms with Crippen LogP contribution in [0, 0.1) is 0 Å². The zero-order valence-electron chi connectivity index (χ0n) is 53.1. The van der Waals surface area contributed by atoms with E-state index in [2.05, 4.69) is 114 Å². The fourth-order valence-corrected chi connectivity index (χ4v) is 11.6. The molecule has 0 bridgehead atoms. The van der Waals surface area contributed by atoms with Crippen molar-refractivity contribution in [3.63, 3.8) is 0 Å². The van der Waals surface area contributed by atoms with Gasteiger partial charge in [0.1, 0.15) is 11.3 Å². The fourth-order valence-electron chi connectivity index (χ4n) is 11.6. The van der Waals surface area contributed by atoms with Gasteiger partial charge in [0.2, 0.25) is 5.91 Å². The molecule has 0 atom stereocenters. The summed E-state index contributed by atoms with van der Waals surface area (Å²) in [4.78, 5) is 74.6. The Morgan fingerprint density at radius 1 is 0.644 bits per heavy atom. The molecule has 0 spiro atoms. The largest absolute Gasteiger partial charge is 0.457 e. The molecule has 8 heterocycles. The van der Waals surface area contributed by atoms with E-state index in [4.69, 9.17) is 24.9 Å². The summed E-state index contributed by atoms with van der Waals surface area (Å²) in [6, 6.07) is 36.8. The van der Waals surface area contributed by atoms with Crippen LogP contribution >= 0.6 is 11.6 Å². The molecular weight excluding hydrogens is 1160 g/mol. The number of piperidine rings is 2. The predicted molar refractivity (Wildman–Crippen MR) is 353 cm³/mol. The van der Waals surface area contributed by atoms with Crippen molar-refractivity contribution in [3.8, 4) is 34.2 Å². The molecule has 0 unspecified atom stereocenters. The average Bonchev–Trinajstić information content (AvgIpc) is 1.81. The van der Waals surface area contributed by atoms with Crippen molar-refractivity contribution in [2.45, 2.75) is 117 Å². The van der Waals surface area contributed by atoms with E-state index in [0.29, 0.717) is 84.9 Å². The van der Waals surface area contributed by atoms with E-state index >= 15 is 0 Å². The summed E-state index contributed by atoms with van der Waals surface area (Å²) in [5.74, 6) is 3.52. The number of ether oxygens (including phenoxy) is 2. The third-order valence-corrected chi connectivity index (χ3v) is 17.0. The van der Waals surface area contributed by atoms with E-state index in [1.807, 2.05) is 107 Å². The predicted octanol–water partition coefficient (Wildman–Crippen LogP) is 12.4. The molecule has 21 heteroatoms. The van der Waals surface area contributed by atoms with E-state index < -0.39 is 5.43 Å². The van der Waals surface area contributed by atoms with Crippen LogP contribution in [0.25, 0.3) is 45.3 Å². The topological polar surface area (TPSA) is 216 Å². The minimum atomic E-state index is -0.773. The Morgan fingerprint density at radius 2 is 1.14 bits per heavy atom. The molecule has 5 aromatic heterocycles. The molecule has 2 amide bonds. The van der Waals surface area contributed by atoms with Gasteiger partial charge in [-0.15, -0.1) is 0 Å². The maximum Gasteiger partial charge on any atom is 0.409 e. The Hall–Kier alpha value is -8.85. The van der Waals surface area contributed by atoms with Crippen LogP contribution in [0.3, 0.4) is 0 Å². The van der Waals surface area contributed by atoms with Gasteiger partial charge in [0.25, 0.3) is 0 Å². The molecule has 4 aromatic carbocycles. The summed E-state index contributed by atoms with van der Waals surface area (Å²) in [7, 11) is 2.64. The van der Waals surface area contributed by atoms with Crippen molar-refractivity contribution in [1.82, 2.24) is 64.2 Å². The van der Waals surface area contributed by atoms with Crippen molar-refractivity contribution < 1.29 is 23.9 Å². The molecule has 0 radical (unpaired) electrons. The zero-order valence-corrected chi connectivity index (χ0v) is 53.9. The third-order valence-electron chi connectivity index (χ3n) is 16.8. The lowest BCUT2D eigenvalue weighted by molar-refractivity contribution is -0.117. The summed E-state index contributed by atoms with van der Waals surface area (Å²) in [5.41, 5.74) is 11.7. The highest BCUT2D eigenvalue weighted by atomic mass is 35.5. The van der Waals surface area contributed by atoms with Crippen molar-refractivity contribution in [1.29, 1.82) is 0 Å². The summed E-state index contributed by atoms with van der Waals surface area (Å²) in [6.45, 7) is 23.1. The number of H-pyrrole nitrogens is 1. The maximum absolute atomic E-state index is 13.0. The minimum absolute atomic E-state index is 0.0302. The Balaban J connectivity index is 0.000000181. The number of nitrogens with one attached hydrogen (secondary N) is 2. The van der Waals surface area contributed by atoms with Crippen LogP contribution in [0.2, 0.25) is 0 Å². The van der Waals surface area contributed by atoms with Gasteiger partial charge in [0, 0.05) is 71.8 Å². The van der Waals surface area contributed by atoms with Crippen LogP contribution < -0.4 is 15.9 Å². The Labute approximate surface area is 531 Å². The number of aromatic nitrogens is 10. The van der Waals surface area contributed by atoms with Gasteiger partial charge < -0.3 is 29.6 Å². The van der Waals surface area contributed by atoms with E-state index in [1.54, 1.807) is 26.8 Å². The molecule has 12 rings (SSSR count). The standard InChI is InChI=1S/C32H34N6O3.C29H31N7O.C6H15N.C2H3ClO2/c1-21(2)26-6-4-5-7-27(26)30-33-19-24-18-29(39)37(31(24)34-30)20-22-8-10-25(11-9-22)38-17-14-28(35-38)23-12-15-36(16-13-23)32(40)41-3;1-19(2)23-5-3-4-6-24(23)27-31-17-26-28(33-27)35(29(37)32-26)18-20-7-9-22(10-8-20)36-16-13-25(34-36)21-11-14-30-15-12-21;1-4-7(5-2)6-3;1-5-2(3)4/h4-11,14,17,19,21,23H,12-13,15-16,18,20H2,1-3H3;3-10,13,16-17,19,21,30H,11-12,14-15,18H2,1-2H3,(H,32,37);4-6H2,1-3H3;1H3. The molecule has 0 saturated carbocycles. The van der Waals surface area contributed by atoms with Crippen LogP contribution in [-0.4, -0.2) is 136 Å². The summed E-state index contributed by atoms with van der Waals surface area (Å²) in [5, 5.41) is 13.1. The van der Waals surface area contributed by atoms with Crippen LogP contribution in [0.1, 0.15) is 137 Å². The maximum atomic E-state index is 13.0. The van der Waals surface area contributed by atoms with Gasteiger partial charge in [-0.05, 0) is 129 Å². The second-order valence-electron chi connectivity index (χ2n) is 23.2. The van der Waals surface area contributed by atoms with Crippen molar-refractivity contribution in [2.24, 2.45) is 0 Å². The smallest absolute Gasteiger partial charge is 0.409 e. The van der Waals surface area contributed by atoms with Gasteiger partial charge in [-0.2, -0.15) is 10.2 Å². The molecular formula is C69H83ClN14O6. The molecule has 2 fully saturated rings. The number of imidazole rings is 1. The molecule has 90 heavy (non-hydrogen) atoms. The first kappa shape index (κ1) is 65.6. The highest BCUT2D eigenvalue weighted by Crippen LogP contribution is 2.34. The van der Waals surface area contributed by atoms with Gasteiger partial charge in [-0.3, -0.25) is 14.3 Å². The van der Waals surface area contributed by atoms with Gasteiger partial charge in [-0.1, -0.05) is 121 Å². The quantitative estimate of drug-likeness (QED) is 0.0913. The van der Waals surface area contributed by atoms with Gasteiger partial charge in [-0.25, -0.2) is 43.7 Å². The number of halogens is 1. The highest BCUT2D eigenvalue weighted by molar-refractivity contribution is 6.61. The van der Waals surface area contributed by atoms with E-state index in [-0.39, 0.29) is 17.7 Å². The number of hydrogen-bond acceptors (Lipinski definition) is 14. The van der Waals surface area contributed by atoms with Gasteiger partial charge in [0.05, 0.1) is 62.7 Å².